The maximum atomic E-state index is 10.9. The molecule has 0 aliphatic carbocycles. The average molecular weight is 385 g/mol. The molecule has 0 bridgehead atoms. The molecule has 2 aromatic rings. The van der Waals surface area contributed by atoms with Gasteiger partial charge in [0.05, 0.1) is 12.6 Å². The number of aliphatic hydroxyl groups excluding tert-OH is 2. The number of nitrogens with zero attached hydrogens (tertiary/aromatic N) is 4. The van der Waals surface area contributed by atoms with Crippen LogP contribution < -0.4 is 11.5 Å². The molecule has 1 unspecified atom stereocenters. The number of rotatable bonds is 6. The number of carbonyl (C=O) groups is 1. The highest BCUT2D eigenvalue weighted by molar-refractivity contribution is 7.96. The molecule has 3 rings (SSSR count). The van der Waals surface area contributed by atoms with E-state index >= 15 is 0 Å². The van der Waals surface area contributed by atoms with E-state index in [9.17, 15) is 15.0 Å². The summed E-state index contributed by atoms with van der Waals surface area (Å²) in [4.78, 5) is 23.0. The minimum Gasteiger partial charge on any atom is -0.480 e. The number of hydrogen-bond acceptors (Lipinski definition) is 9. The van der Waals surface area contributed by atoms with E-state index in [-0.39, 0.29) is 11.6 Å². The summed E-state index contributed by atoms with van der Waals surface area (Å²) in [7, 11) is -0.411. The molecule has 0 amide bonds. The van der Waals surface area contributed by atoms with Crippen LogP contribution in [0.1, 0.15) is 6.23 Å². The number of hydrogen-bond donors (Lipinski definition) is 5. The topological polar surface area (TPSA) is 183 Å². The van der Waals surface area contributed by atoms with Gasteiger partial charge in [0.2, 0.25) is 0 Å². The lowest BCUT2D eigenvalue weighted by Gasteiger charge is -2.16. The SMILES string of the molecule is C[S+](C[C@H](N)C(=O)O)C[C@H]1O[C@@H](n2cnc3c(N)ncnc32)[C@H](O)[C@@H]1O. The van der Waals surface area contributed by atoms with Crippen molar-refractivity contribution in [1.82, 2.24) is 19.5 Å². The van der Waals surface area contributed by atoms with Crippen LogP contribution in [0.2, 0.25) is 0 Å². The molecule has 1 aliphatic heterocycles. The van der Waals surface area contributed by atoms with Gasteiger partial charge in [0.1, 0.15) is 47.7 Å². The highest BCUT2D eigenvalue weighted by Crippen LogP contribution is 2.32. The summed E-state index contributed by atoms with van der Waals surface area (Å²) in [5.74, 6) is -0.228. The number of carboxylic acids is 1. The number of imidazole rings is 1. The summed E-state index contributed by atoms with van der Waals surface area (Å²) in [6.07, 6.45) is 0.665. The number of nitrogens with two attached hydrogens (primary N) is 2. The maximum absolute atomic E-state index is 10.9. The summed E-state index contributed by atoms with van der Waals surface area (Å²) in [6.45, 7) is 0. The second kappa shape index (κ2) is 7.32. The van der Waals surface area contributed by atoms with Crippen LogP contribution in [0.25, 0.3) is 11.2 Å². The van der Waals surface area contributed by atoms with E-state index in [0.717, 1.165) is 0 Å². The average Bonchev–Trinajstić information content (AvgIpc) is 3.12. The predicted octanol–water partition coefficient (Wildman–Crippen LogP) is -2.31. The zero-order chi connectivity index (χ0) is 19.0. The van der Waals surface area contributed by atoms with Crippen molar-refractivity contribution in [3.8, 4) is 0 Å². The van der Waals surface area contributed by atoms with Crippen LogP contribution in [0.3, 0.4) is 0 Å². The van der Waals surface area contributed by atoms with E-state index < -0.39 is 47.4 Å². The van der Waals surface area contributed by atoms with E-state index in [1.807, 2.05) is 6.26 Å². The molecule has 0 aromatic carbocycles. The van der Waals surface area contributed by atoms with Crippen LogP contribution in [-0.2, 0) is 20.4 Å². The number of ether oxygens (including phenoxy) is 1. The number of anilines is 1. The molecule has 0 saturated carbocycles. The molecular weight excluding hydrogens is 364 g/mol. The van der Waals surface area contributed by atoms with Crippen LogP contribution in [-0.4, -0.2) is 82.9 Å². The Morgan fingerprint density at radius 2 is 2.12 bits per heavy atom. The lowest BCUT2D eigenvalue weighted by atomic mass is 10.1. The molecule has 1 saturated heterocycles. The second-order valence-corrected chi connectivity index (χ2v) is 8.42. The molecule has 2 aromatic heterocycles. The lowest BCUT2D eigenvalue weighted by molar-refractivity contribution is -0.137. The first-order valence-corrected chi connectivity index (χ1v) is 9.78. The van der Waals surface area contributed by atoms with Gasteiger partial charge in [-0.25, -0.2) is 15.0 Å². The third-order valence-electron chi connectivity index (χ3n) is 4.23. The molecule has 142 valence electrons. The Bertz CT molecular complexity index is 803. The highest BCUT2D eigenvalue weighted by atomic mass is 32.2. The summed E-state index contributed by atoms with van der Waals surface area (Å²) in [5, 5.41) is 29.6. The Balaban J connectivity index is 1.75. The Morgan fingerprint density at radius 1 is 1.38 bits per heavy atom. The Hall–Kier alpha value is -1.99. The molecule has 0 radical (unpaired) electrons. The second-order valence-electron chi connectivity index (χ2n) is 6.19. The van der Waals surface area contributed by atoms with Gasteiger partial charge >= 0.3 is 5.97 Å². The van der Waals surface area contributed by atoms with Crippen LogP contribution in [0.5, 0.6) is 0 Å². The fraction of sp³-hybridized carbons (Fsp3) is 0.571. The smallest absolute Gasteiger partial charge is 0.325 e. The largest absolute Gasteiger partial charge is 0.480 e. The number of aliphatic carboxylic acids is 1. The van der Waals surface area contributed by atoms with E-state index in [4.69, 9.17) is 21.3 Å². The van der Waals surface area contributed by atoms with Crippen molar-refractivity contribution >= 4 is 33.8 Å². The number of fused-ring (bicyclic) bond motifs is 1. The van der Waals surface area contributed by atoms with Crippen molar-refractivity contribution in [3.05, 3.63) is 12.7 Å². The first-order chi connectivity index (χ1) is 12.3. The number of nitrogen functional groups attached to an aromatic ring is 1. The minimum absolute atomic E-state index is 0.205. The first kappa shape index (κ1) is 18.8. The van der Waals surface area contributed by atoms with Crippen LogP contribution in [0.4, 0.5) is 5.82 Å². The fourth-order valence-corrected chi connectivity index (χ4v) is 4.61. The van der Waals surface area contributed by atoms with Crippen molar-refractivity contribution in [2.24, 2.45) is 5.73 Å². The fourth-order valence-electron chi connectivity index (χ4n) is 2.88. The molecule has 7 N–H and O–H groups in total. The van der Waals surface area contributed by atoms with E-state index in [2.05, 4.69) is 15.0 Å². The van der Waals surface area contributed by atoms with Crippen molar-refractivity contribution in [2.45, 2.75) is 30.6 Å². The molecule has 1 aliphatic rings. The van der Waals surface area contributed by atoms with Crippen LogP contribution in [0.15, 0.2) is 12.7 Å². The van der Waals surface area contributed by atoms with Gasteiger partial charge in [0.15, 0.2) is 17.7 Å². The molecule has 1 fully saturated rings. The van der Waals surface area contributed by atoms with Crippen molar-refractivity contribution in [1.29, 1.82) is 0 Å². The number of carboxylic acid groups (broad SMARTS) is 1. The molecule has 11 nitrogen and oxygen atoms in total. The Morgan fingerprint density at radius 3 is 2.81 bits per heavy atom. The quantitative estimate of drug-likeness (QED) is 0.339. The van der Waals surface area contributed by atoms with Gasteiger partial charge in [0, 0.05) is 0 Å². The third-order valence-corrected chi connectivity index (χ3v) is 6.05. The van der Waals surface area contributed by atoms with Crippen molar-refractivity contribution in [2.75, 3.05) is 23.5 Å². The molecule has 12 heteroatoms. The van der Waals surface area contributed by atoms with Crippen LogP contribution in [0, 0.1) is 0 Å². The third kappa shape index (κ3) is 3.46. The maximum Gasteiger partial charge on any atom is 0.325 e. The normalized spacial score (nSPS) is 28.3. The van der Waals surface area contributed by atoms with E-state index in [1.54, 1.807) is 0 Å². The Labute approximate surface area is 151 Å². The van der Waals surface area contributed by atoms with Crippen molar-refractivity contribution in [3.63, 3.8) is 0 Å². The summed E-state index contributed by atoms with van der Waals surface area (Å²) >= 11 is 0. The number of aliphatic hydroxyl groups is 2. The predicted molar refractivity (Wildman–Crippen MR) is 94.3 cm³/mol. The monoisotopic (exact) mass is 385 g/mol. The molecule has 26 heavy (non-hydrogen) atoms. The van der Waals surface area contributed by atoms with Gasteiger partial charge in [-0.3, -0.25) is 9.36 Å². The standard InChI is InChI=1S/C14H20N6O5S/c1-26(2-6(15)14(23)24)3-7-9(21)10(22)13(25-7)20-5-19-8-11(16)17-4-18-12(8)20/h4-7,9-10,13,21-22H,2-3,15H2,1H3,(H2-,16,17,18,23,24)/p+1/t6-,7+,9+,10+,13+,26?/m0/s1. The van der Waals surface area contributed by atoms with E-state index in [1.165, 1.54) is 17.2 Å². The van der Waals surface area contributed by atoms with Gasteiger partial charge in [-0.1, -0.05) is 0 Å². The molecule has 0 spiro atoms. The molecular formula is C14H21N6O5S+. The zero-order valence-corrected chi connectivity index (χ0v) is 14.8. The Kier molecular flexibility index (Phi) is 5.29. The summed E-state index contributed by atoms with van der Waals surface area (Å²) in [5.41, 5.74) is 12.1. The van der Waals surface area contributed by atoms with E-state index in [0.29, 0.717) is 16.9 Å². The minimum atomic E-state index is -1.20. The van der Waals surface area contributed by atoms with Gasteiger partial charge < -0.3 is 31.5 Å². The van der Waals surface area contributed by atoms with Gasteiger partial charge in [-0.2, -0.15) is 0 Å². The molecule has 6 atom stereocenters. The highest BCUT2D eigenvalue weighted by Gasteiger charge is 2.46. The lowest BCUT2D eigenvalue weighted by Crippen LogP contribution is -2.41. The summed E-state index contributed by atoms with van der Waals surface area (Å²) in [6, 6.07) is -0.972. The van der Waals surface area contributed by atoms with Crippen LogP contribution >= 0.6 is 0 Å². The van der Waals surface area contributed by atoms with Gasteiger partial charge in [0.25, 0.3) is 0 Å². The molecule has 3 heterocycles. The van der Waals surface area contributed by atoms with Gasteiger partial charge in [-0.15, -0.1) is 0 Å². The van der Waals surface area contributed by atoms with Crippen molar-refractivity contribution < 1.29 is 24.9 Å². The first-order valence-electron chi connectivity index (χ1n) is 7.81. The summed E-state index contributed by atoms with van der Waals surface area (Å²) < 4.78 is 7.33. The number of aromatic nitrogens is 4. The zero-order valence-electron chi connectivity index (χ0n) is 14.0. The van der Waals surface area contributed by atoms with Gasteiger partial charge in [-0.05, 0) is 10.9 Å².